The monoisotopic (exact) mass is 743 g/mol. The molecule has 0 aliphatic heterocycles. The summed E-state index contributed by atoms with van der Waals surface area (Å²) in [5.74, 6) is 1.93. The maximum absolute atomic E-state index is 13.9. The molecule has 0 fully saturated rings. The molecule has 0 aliphatic rings. The Morgan fingerprint density at radius 3 is 2.05 bits per heavy atom. The molecular weight excluding hydrogens is 716 g/mol. The molecular formula is C27H28BrF2NNa3O6PS2. The second kappa shape index (κ2) is 19.1. The predicted octanol–water partition coefficient (Wildman–Crippen LogP) is -2.09. The van der Waals surface area contributed by atoms with Gasteiger partial charge in [-0.3, -0.25) is 0 Å². The van der Waals surface area contributed by atoms with Crippen LogP contribution in [0.3, 0.4) is 0 Å². The quantitative estimate of drug-likeness (QED) is 0.146. The largest absolute Gasteiger partial charge is 1.00 e. The fourth-order valence-electron chi connectivity index (χ4n) is 3.59. The van der Waals surface area contributed by atoms with Crippen molar-refractivity contribution in [3.8, 4) is 16.9 Å². The van der Waals surface area contributed by atoms with Gasteiger partial charge in [0.25, 0.3) is 5.66 Å². The van der Waals surface area contributed by atoms with Crippen LogP contribution in [0.2, 0.25) is 0 Å². The molecule has 0 N–H and O–H groups in total. The molecule has 16 heteroatoms. The van der Waals surface area contributed by atoms with Gasteiger partial charge in [0.05, 0.1) is 16.6 Å². The van der Waals surface area contributed by atoms with Crippen LogP contribution in [0.4, 0.5) is 14.5 Å². The Balaban J connectivity index is 0.00000588. The Labute approximate surface area is 331 Å². The number of hydrogen-bond donors (Lipinski definition) is 0. The topological polar surface area (TPSA) is 121 Å². The average molecular weight is 744 g/mol. The summed E-state index contributed by atoms with van der Waals surface area (Å²) < 4.78 is 72.0. The van der Waals surface area contributed by atoms with E-state index < -0.39 is 28.8 Å². The van der Waals surface area contributed by atoms with Gasteiger partial charge in [-0.25, -0.2) is 8.42 Å². The van der Waals surface area contributed by atoms with Crippen molar-refractivity contribution >= 4 is 51.0 Å². The molecule has 0 spiro atoms. The zero-order chi connectivity index (χ0) is 29.7. The van der Waals surface area contributed by atoms with E-state index in [1.54, 1.807) is 12.1 Å². The van der Waals surface area contributed by atoms with Gasteiger partial charge >= 0.3 is 88.7 Å². The van der Waals surface area contributed by atoms with Crippen LogP contribution in [0, 0.1) is 5.92 Å². The number of sulfonamides is 1. The molecule has 0 amide bonds. The summed E-state index contributed by atoms with van der Waals surface area (Å²) in [5, 5.41) is 0. The first kappa shape index (κ1) is 44.0. The molecule has 3 rings (SSSR count). The number of rotatable bonds is 13. The van der Waals surface area contributed by atoms with Gasteiger partial charge in [0, 0.05) is 35.4 Å². The van der Waals surface area contributed by atoms with Crippen molar-refractivity contribution in [3.63, 3.8) is 0 Å². The summed E-state index contributed by atoms with van der Waals surface area (Å²) in [6.45, 7) is 4.60. The first-order valence-corrected chi connectivity index (χ1v) is 17.5. The molecule has 7 nitrogen and oxygen atoms in total. The number of halogens is 3. The summed E-state index contributed by atoms with van der Waals surface area (Å²) in [6.07, 6.45) is 1.85. The molecule has 0 aliphatic carbocycles. The van der Waals surface area contributed by atoms with Gasteiger partial charge in [-0.05, 0) is 46.7 Å². The fourth-order valence-corrected chi connectivity index (χ4v) is 6.36. The summed E-state index contributed by atoms with van der Waals surface area (Å²) in [4.78, 5) is 21.9. The molecule has 43 heavy (non-hydrogen) atoms. The van der Waals surface area contributed by atoms with Gasteiger partial charge in [-0.1, -0.05) is 84.0 Å². The van der Waals surface area contributed by atoms with E-state index in [-0.39, 0.29) is 98.8 Å². The van der Waals surface area contributed by atoms with Crippen LogP contribution in [-0.4, -0.2) is 21.3 Å². The van der Waals surface area contributed by atoms with Crippen molar-refractivity contribution in [1.29, 1.82) is 0 Å². The Morgan fingerprint density at radius 1 is 0.953 bits per heavy atom. The average Bonchev–Trinajstić information content (AvgIpc) is 2.83. The Hall–Kier alpha value is 1.05. The number of hydrogen-bond acceptors (Lipinski definition) is 7. The van der Waals surface area contributed by atoms with Crippen molar-refractivity contribution < 1.29 is 125 Å². The Bertz CT molecular complexity index is 1500. The number of thioether (sulfide) groups is 1. The molecule has 218 valence electrons. The van der Waals surface area contributed by atoms with Gasteiger partial charge in [-0.2, -0.15) is 20.5 Å². The van der Waals surface area contributed by atoms with E-state index in [9.17, 15) is 31.6 Å². The van der Waals surface area contributed by atoms with Crippen molar-refractivity contribution in [1.82, 2.24) is 0 Å². The molecule has 3 aromatic rings. The van der Waals surface area contributed by atoms with Gasteiger partial charge in [0.15, 0.2) is 0 Å². The second-order valence-electron chi connectivity index (χ2n) is 9.58. The second-order valence-corrected chi connectivity index (χ2v) is 14.6. The molecule has 3 aromatic carbocycles. The van der Waals surface area contributed by atoms with Crippen LogP contribution in [-0.2, 0) is 31.8 Å². The first-order chi connectivity index (χ1) is 18.6. The van der Waals surface area contributed by atoms with E-state index in [1.165, 1.54) is 23.9 Å². The smallest absolute Gasteiger partial charge is 0.806 e. The van der Waals surface area contributed by atoms with E-state index in [4.69, 9.17) is 4.74 Å². The number of nitrogens with zero attached hydrogens (tertiary/aromatic N) is 1. The fraction of sp³-hybridized carbons (Fsp3) is 0.333. The molecule has 0 saturated heterocycles. The summed E-state index contributed by atoms with van der Waals surface area (Å²) in [7, 11) is -9.79. The molecule has 0 atom stereocenters. The molecule has 0 radical (unpaired) electrons. The third-order valence-electron chi connectivity index (χ3n) is 5.70. The maximum atomic E-state index is 13.9. The van der Waals surface area contributed by atoms with E-state index in [1.807, 2.05) is 30.3 Å². The van der Waals surface area contributed by atoms with Gasteiger partial charge in [-0.15, -0.1) is 0 Å². The minimum Gasteiger partial charge on any atom is -0.806 e. The van der Waals surface area contributed by atoms with Crippen LogP contribution >= 0.6 is 35.3 Å². The van der Waals surface area contributed by atoms with E-state index in [0.29, 0.717) is 35.3 Å². The Morgan fingerprint density at radius 2 is 1.51 bits per heavy atom. The number of ether oxygens (including phenoxy) is 1. The standard InChI is InChI=1S/C27H30BrF2NO6PS2.3Na/c1-18(2)12-13-37-26-11-9-22(15-25(26)31-40(3,35)36)21-7-4-19(5-8-21)16-39-17-20-6-10-23(24(28)14-20)27(29,30)38(32,33)34;;;/h4-11,14-15,18H,12-13,16-17H2,1-3H3,(H2,32,33,34);;;/q-1;3*+1/p-2. The van der Waals surface area contributed by atoms with E-state index in [0.717, 1.165) is 35.4 Å². The zero-order valence-electron chi connectivity index (χ0n) is 25.0. The van der Waals surface area contributed by atoms with Crippen molar-refractivity contribution in [2.24, 2.45) is 5.92 Å². The summed E-state index contributed by atoms with van der Waals surface area (Å²) in [5.41, 5.74) is -1.82. The van der Waals surface area contributed by atoms with E-state index in [2.05, 4.69) is 34.5 Å². The maximum Gasteiger partial charge on any atom is 1.00 e. The molecule has 0 bridgehead atoms. The molecule has 0 saturated carbocycles. The van der Waals surface area contributed by atoms with Crippen molar-refractivity contribution in [2.45, 2.75) is 37.4 Å². The van der Waals surface area contributed by atoms with Gasteiger partial charge < -0.3 is 23.8 Å². The summed E-state index contributed by atoms with van der Waals surface area (Å²) in [6, 6.07) is 16.6. The molecule has 0 heterocycles. The van der Waals surface area contributed by atoms with E-state index >= 15 is 0 Å². The third kappa shape index (κ3) is 13.6. The predicted molar refractivity (Wildman–Crippen MR) is 155 cm³/mol. The molecule has 0 unspecified atom stereocenters. The normalized spacial score (nSPS) is 11.7. The number of benzene rings is 3. The van der Waals surface area contributed by atoms with Gasteiger partial charge in [0.2, 0.25) is 0 Å². The number of alkyl halides is 2. The van der Waals surface area contributed by atoms with Gasteiger partial charge in [0.1, 0.15) is 5.75 Å². The first-order valence-electron chi connectivity index (χ1n) is 12.1. The van der Waals surface area contributed by atoms with Crippen molar-refractivity contribution in [3.05, 3.63) is 86.5 Å². The van der Waals surface area contributed by atoms with Crippen LogP contribution in [0.1, 0.15) is 37.0 Å². The molecule has 0 aromatic heterocycles. The third-order valence-corrected chi connectivity index (χ3v) is 8.89. The van der Waals surface area contributed by atoms with Crippen LogP contribution in [0.5, 0.6) is 5.75 Å². The van der Waals surface area contributed by atoms with Crippen molar-refractivity contribution in [2.75, 3.05) is 12.9 Å². The summed E-state index contributed by atoms with van der Waals surface area (Å²) >= 11 is 4.47. The zero-order valence-corrected chi connectivity index (χ0v) is 35.1. The minimum atomic E-state index is -6.15. The van der Waals surface area contributed by atoms with Crippen LogP contribution < -0.4 is 103 Å². The van der Waals surface area contributed by atoms with Crippen LogP contribution in [0.15, 0.2) is 65.1 Å². The van der Waals surface area contributed by atoms with Crippen LogP contribution in [0.25, 0.3) is 15.8 Å². The SMILES string of the molecule is CC(C)CCOc1ccc(-c2ccc(CSCc3ccc(C(F)(F)P(=O)([O-])[O-])c(Br)c3)cc2)cc1[N-]S(C)(=O)=O.[Na+].[Na+].[Na+]. The Kier molecular flexibility index (Phi) is 19.6. The minimum absolute atomic E-state index is 0.